The molecule has 0 aromatic heterocycles. The van der Waals surface area contributed by atoms with Crippen molar-refractivity contribution in [2.24, 2.45) is 0 Å². The lowest BCUT2D eigenvalue weighted by molar-refractivity contribution is -0.128. The number of carbonyl (C=O) groups is 1. The first-order valence-corrected chi connectivity index (χ1v) is 9.25. The number of nitrogens with zero attached hydrogens (tertiary/aromatic N) is 1. The zero-order valence-electron chi connectivity index (χ0n) is 15.4. The van der Waals surface area contributed by atoms with E-state index < -0.39 is 11.4 Å². The SMILES string of the molecule is COCC1=C(c2ccccc2F)C(=O)N(C(C)(C)c2cc(Cl)cc(Cl)c2)C1. The molecule has 0 atom stereocenters. The second kappa shape index (κ2) is 7.63. The number of hydrogen-bond donors (Lipinski definition) is 0. The maximum Gasteiger partial charge on any atom is 0.255 e. The Labute approximate surface area is 168 Å². The molecule has 0 bridgehead atoms. The molecule has 1 aliphatic rings. The molecule has 0 radical (unpaired) electrons. The van der Waals surface area contributed by atoms with E-state index in [1.165, 1.54) is 6.07 Å². The van der Waals surface area contributed by atoms with E-state index in [-0.39, 0.29) is 18.1 Å². The van der Waals surface area contributed by atoms with Gasteiger partial charge in [-0.25, -0.2) is 4.39 Å². The van der Waals surface area contributed by atoms with Gasteiger partial charge in [-0.3, -0.25) is 4.79 Å². The molecule has 0 aliphatic carbocycles. The predicted molar refractivity (Wildman–Crippen MR) is 106 cm³/mol. The van der Waals surface area contributed by atoms with E-state index in [0.29, 0.717) is 22.2 Å². The molecule has 2 aromatic carbocycles. The molecule has 0 saturated carbocycles. The standard InChI is InChI=1S/C21H20Cl2FNO2/c1-21(2,14-8-15(22)10-16(23)9-14)25-11-13(12-27-3)19(20(25)26)17-6-4-5-7-18(17)24/h4-10H,11-12H2,1-3H3. The van der Waals surface area contributed by atoms with Gasteiger partial charge in [0.2, 0.25) is 0 Å². The average molecular weight is 408 g/mol. The van der Waals surface area contributed by atoms with Gasteiger partial charge in [-0.15, -0.1) is 0 Å². The smallest absolute Gasteiger partial charge is 0.255 e. The van der Waals surface area contributed by atoms with Gasteiger partial charge < -0.3 is 9.64 Å². The minimum Gasteiger partial charge on any atom is -0.380 e. The van der Waals surface area contributed by atoms with Crippen LogP contribution in [0.1, 0.15) is 25.0 Å². The second-order valence-electron chi connectivity index (χ2n) is 7.00. The Balaban J connectivity index is 2.05. The molecule has 0 fully saturated rings. The molecule has 27 heavy (non-hydrogen) atoms. The van der Waals surface area contributed by atoms with E-state index in [9.17, 15) is 9.18 Å². The third-order valence-corrected chi connectivity index (χ3v) is 5.30. The van der Waals surface area contributed by atoms with Crippen LogP contribution in [0.15, 0.2) is 48.0 Å². The largest absolute Gasteiger partial charge is 0.380 e. The zero-order valence-corrected chi connectivity index (χ0v) is 16.9. The fourth-order valence-electron chi connectivity index (χ4n) is 3.40. The Morgan fingerprint density at radius 1 is 1.15 bits per heavy atom. The van der Waals surface area contributed by atoms with Crippen molar-refractivity contribution >= 4 is 34.7 Å². The molecule has 0 saturated heterocycles. The first kappa shape index (κ1) is 19.9. The van der Waals surface area contributed by atoms with E-state index in [1.54, 1.807) is 48.4 Å². The lowest BCUT2D eigenvalue weighted by Gasteiger charge is -2.37. The Morgan fingerprint density at radius 3 is 2.37 bits per heavy atom. The number of carbonyl (C=O) groups excluding carboxylic acids is 1. The number of amides is 1. The Bertz CT molecular complexity index is 904. The Morgan fingerprint density at radius 2 is 1.78 bits per heavy atom. The molecule has 0 spiro atoms. The summed E-state index contributed by atoms with van der Waals surface area (Å²) in [6, 6.07) is 11.5. The topological polar surface area (TPSA) is 29.5 Å². The van der Waals surface area contributed by atoms with Gasteiger partial charge in [0.15, 0.2) is 0 Å². The van der Waals surface area contributed by atoms with E-state index in [0.717, 1.165) is 11.1 Å². The highest BCUT2D eigenvalue weighted by molar-refractivity contribution is 6.34. The summed E-state index contributed by atoms with van der Waals surface area (Å²) in [6.45, 7) is 4.43. The monoisotopic (exact) mass is 407 g/mol. The van der Waals surface area contributed by atoms with Crippen LogP contribution in [0.4, 0.5) is 4.39 Å². The Kier molecular flexibility index (Phi) is 5.61. The highest BCUT2D eigenvalue weighted by Crippen LogP contribution is 2.39. The van der Waals surface area contributed by atoms with Crippen molar-refractivity contribution in [3.8, 4) is 0 Å². The van der Waals surface area contributed by atoms with Gasteiger partial charge in [-0.2, -0.15) is 0 Å². The second-order valence-corrected chi connectivity index (χ2v) is 7.87. The molecular weight excluding hydrogens is 388 g/mol. The summed E-state index contributed by atoms with van der Waals surface area (Å²) in [5.41, 5.74) is 1.50. The quantitative estimate of drug-likeness (QED) is 0.671. The fraction of sp³-hybridized carbons (Fsp3) is 0.286. The van der Waals surface area contributed by atoms with Crippen molar-refractivity contribution in [3.63, 3.8) is 0 Å². The number of halogens is 3. The number of rotatable bonds is 5. The summed E-state index contributed by atoms with van der Waals surface area (Å²) in [4.78, 5) is 15.0. The van der Waals surface area contributed by atoms with Crippen LogP contribution in [0.25, 0.3) is 5.57 Å². The summed E-state index contributed by atoms with van der Waals surface area (Å²) < 4.78 is 19.7. The molecular formula is C21H20Cl2FNO2. The highest BCUT2D eigenvalue weighted by atomic mass is 35.5. The highest BCUT2D eigenvalue weighted by Gasteiger charge is 2.41. The van der Waals surface area contributed by atoms with Gasteiger partial charge in [0.05, 0.1) is 17.7 Å². The molecule has 3 rings (SSSR count). The molecule has 1 heterocycles. The summed E-state index contributed by atoms with van der Waals surface area (Å²) in [5, 5.41) is 0.994. The van der Waals surface area contributed by atoms with Crippen molar-refractivity contribution in [1.82, 2.24) is 4.90 Å². The predicted octanol–water partition coefficient (Wildman–Crippen LogP) is 5.31. The first-order valence-electron chi connectivity index (χ1n) is 8.50. The van der Waals surface area contributed by atoms with Crippen LogP contribution in [-0.4, -0.2) is 31.1 Å². The molecule has 6 heteroatoms. The van der Waals surface area contributed by atoms with Crippen LogP contribution >= 0.6 is 23.2 Å². The molecule has 0 N–H and O–H groups in total. The van der Waals surface area contributed by atoms with Crippen LogP contribution in [-0.2, 0) is 15.1 Å². The number of methoxy groups -OCH3 is 1. The van der Waals surface area contributed by atoms with E-state index in [1.807, 2.05) is 13.8 Å². The summed E-state index contributed by atoms with van der Waals surface area (Å²) in [7, 11) is 1.56. The molecule has 1 amide bonds. The Hall–Kier alpha value is -1.88. The van der Waals surface area contributed by atoms with Crippen LogP contribution in [0.2, 0.25) is 10.0 Å². The third-order valence-electron chi connectivity index (χ3n) is 4.87. The molecule has 2 aromatic rings. The van der Waals surface area contributed by atoms with Crippen molar-refractivity contribution in [2.75, 3.05) is 20.3 Å². The van der Waals surface area contributed by atoms with Gasteiger partial charge in [0.1, 0.15) is 5.82 Å². The van der Waals surface area contributed by atoms with Gasteiger partial charge >= 0.3 is 0 Å². The van der Waals surface area contributed by atoms with Gasteiger partial charge in [-0.1, -0.05) is 41.4 Å². The molecule has 1 aliphatic heterocycles. The lowest BCUT2D eigenvalue weighted by Crippen LogP contribution is -2.43. The van der Waals surface area contributed by atoms with Crippen LogP contribution in [0, 0.1) is 5.82 Å². The fourth-order valence-corrected chi connectivity index (χ4v) is 3.93. The summed E-state index contributed by atoms with van der Waals surface area (Å²) >= 11 is 12.3. The maximum atomic E-state index is 14.4. The van der Waals surface area contributed by atoms with Crippen LogP contribution < -0.4 is 0 Å². The maximum absolute atomic E-state index is 14.4. The van der Waals surface area contributed by atoms with Gasteiger partial charge in [0.25, 0.3) is 5.91 Å². The molecule has 142 valence electrons. The van der Waals surface area contributed by atoms with Crippen molar-refractivity contribution in [1.29, 1.82) is 0 Å². The number of benzene rings is 2. The first-order chi connectivity index (χ1) is 12.8. The van der Waals surface area contributed by atoms with Crippen LogP contribution in [0.3, 0.4) is 0 Å². The lowest BCUT2D eigenvalue weighted by atomic mass is 9.92. The number of hydrogen-bond acceptors (Lipinski definition) is 2. The van der Waals surface area contributed by atoms with Crippen LogP contribution in [0.5, 0.6) is 0 Å². The zero-order chi connectivity index (χ0) is 19.8. The minimum absolute atomic E-state index is 0.242. The van der Waals surface area contributed by atoms with Crippen molar-refractivity contribution < 1.29 is 13.9 Å². The van der Waals surface area contributed by atoms with E-state index >= 15 is 0 Å². The summed E-state index contributed by atoms with van der Waals surface area (Å²) in [5.74, 6) is -0.673. The average Bonchev–Trinajstić information content (AvgIpc) is 2.92. The van der Waals surface area contributed by atoms with E-state index in [2.05, 4.69) is 0 Å². The van der Waals surface area contributed by atoms with Gasteiger partial charge in [0, 0.05) is 29.3 Å². The normalized spacial score (nSPS) is 15.0. The molecule has 0 unspecified atom stereocenters. The third kappa shape index (κ3) is 3.75. The van der Waals surface area contributed by atoms with Crippen molar-refractivity contribution in [2.45, 2.75) is 19.4 Å². The molecule has 3 nitrogen and oxygen atoms in total. The van der Waals surface area contributed by atoms with Gasteiger partial charge in [-0.05, 0) is 49.2 Å². The minimum atomic E-state index is -0.697. The number of ether oxygens (including phenoxy) is 1. The van der Waals surface area contributed by atoms with Crippen molar-refractivity contribution in [3.05, 3.63) is 75.0 Å². The summed E-state index contributed by atoms with van der Waals surface area (Å²) in [6.07, 6.45) is 0. The van der Waals surface area contributed by atoms with E-state index in [4.69, 9.17) is 27.9 Å².